The molecule has 0 aliphatic carbocycles. The average molecular weight is 290 g/mol. The van der Waals surface area contributed by atoms with Crippen molar-refractivity contribution in [2.24, 2.45) is 0 Å². The van der Waals surface area contributed by atoms with Gasteiger partial charge in [-0.1, -0.05) is 18.2 Å². The SMILES string of the molecule is CCOc1ccccc1CCC(=O)Nc1ncc(C)s1. The lowest BCUT2D eigenvalue weighted by Gasteiger charge is -2.09. The van der Waals surface area contributed by atoms with E-state index in [1.165, 1.54) is 11.3 Å². The standard InChI is InChI=1S/C15H18N2O2S/c1-3-19-13-7-5-4-6-12(13)8-9-14(18)17-15-16-10-11(2)20-15/h4-7,10H,3,8-9H2,1-2H3,(H,16,17,18). The van der Waals surface area contributed by atoms with Gasteiger partial charge in [0.2, 0.25) is 5.91 Å². The summed E-state index contributed by atoms with van der Waals surface area (Å²) in [6, 6.07) is 7.82. The molecule has 0 saturated heterocycles. The summed E-state index contributed by atoms with van der Waals surface area (Å²) in [5, 5.41) is 3.47. The number of para-hydroxylation sites is 1. The summed E-state index contributed by atoms with van der Waals surface area (Å²) in [5.41, 5.74) is 1.06. The number of anilines is 1. The quantitative estimate of drug-likeness (QED) is 0.887. The zero-order valence-corrected chi connectivity index (χ0v) is 12.5. The third kappa shape index (κ3) is 4.06. The summed E-state index contributed by atoms with van der Waals surface area (Å²) in [6.07, 6.45) is 2.83. The lowest BCUT2D eigenvalue weighted by atomic mass is 10.1. The lowest BCUT2D eigenvalue weighted by molar-refractivity contribution is -0.116. The molecule has 1 amide bonds. The monoisotopic (exact) mass is 290 g/mol. The van der Waals surface area contributed by atoms with Crippen molar-refractivity contribution in [3.05, 3.63) is 40.9 Å². The number of carbonyl (C=O) groups is 1. The van der Waals surface area contributed by atoms with Gasteiger partial charge in [0.15, 0.2) is 5.13 Å². The van der Waals surface area contributed by atoms with E-state index in [4.69, 9.17) is 4.74 Å². The molecule has 1 heterocycles. The fourth-order valence-electron chi connectivity index (χ4n) is 1.85. The molecule has 5 heteroatoms. The second-order valence-corrected chi connectivity index (χ2v) is 5.60. The van der Waals surface area contributed by atoms with Crippen LogP contribution in [0.1, 0.15) is 23.8 Å². The van der Waals surface area contributed by atoms with E-state index in [1.54, 1.807) is 6.20 Å². The van der Waals surface area contributed by atoms with Gasteiger partial charge in [-0.2, -0.15) is 0 Å². The lowest BCUT2D eigenvalue weighted by Crippen LogP contribution is -2.12. The summed E-state index contributed by atoms with van der Waals surface area (Å²) in [6.45, 7) is 4.54. The summed E-state index contributed by atoms with van der Waals surface area (Å²) >= 11 is 1.48. The van der Waals surface area contributed by atoms with Crippen LogP contribution in [-0.2, 0) is 11.2 Å². The average Bonchev–Trinajstić information content (AvgIpc) is 2.83. The Labute approximate surface area is 122 Å². The van der Waals surface area contributed by atoms with Gasteiger partial charge in [0.25, 0.3) is 0 Å². The summed E-state index contributed by atoms with van der Waals surface area (Å²) in [7, 11) is 0. The maximum absolute atomic E-state index is 11.9. The number of nitrogens with zero attached hydrogens (tertiary/aromatic N) is 1. The highest BCUT2D eigenvalue weighted by molar-refractivity contribution is 7.15. The van der Waals surface area contributed by atoms with Crippen molar-refractivity contribution < 1.29 is 9.53 Å². The fraction of sp³-hybridized carbons (Fsp3) is 0.333. The summed E-state index contributed by atoms with van der Waals surface area (Å²) in [4.78, 5) is 17.1. The van der Waals surface area contributed by atoms with Crippen molar-refractivity contribution in [2.75, 3.05) is 11.9 Å². The predicted octanol–water partition coefficient (Wildman–Crippen LogP) is 3.42. The van der Waals surface area contributed by atoms with E-state index in [9.17, 15) is 4.79 Å². The summed E-state index contributed by atoms with van der Waals surface area (Å²) < 4.78 is 5.55. The van der Waals surface area contributed by atoms with E-state index in [-0.39, 0.29) is 5.91 Å². The molecule has 20 heavy (non-hydrogen) atoms. The Morgan fingerprint density at radius 1 is 1.40 bits per heavy atom. The Hall–Kier alpha value is -1.88. The van der Waals surface area contributed by atoms with Crippen LogP contribution in [0.5, 0.6) is 5.75 Å². The van der Waals surface area contributed by atoms with Crippen LogP contribution in [-0.4, -0.2) is 17.5 Å². The number of hydrogen-bond donors (Lipinski definition) is 1. The first-order valence-corrected chi connectivity index (χ1v) is 7.43. The van der Waals surface area contributed by atoms with Crippen LogP contribution >= 0.6 is 11.3 Å². The number of hydrogen-bond acceptors (Lipinski definition) is 4. The van der Waals surface area contributed by atoms with Gasteiger partial charge in [0, 0.05) is 17.5 Å². The van der Waals surface area contributed by atoms with E-state index >= 15 is 0 Å². The van der Waals surface area contributed by atoms with Crippen molar-refractivity contribution in [2.45, 2.75) is 26.7 Å². The van der Waals surface area contributed by atoms with Gasteiger partial charge < -0.3 is 10.1 Å². The zero-order valence-electron chi connectivity index (χ0n) is 11.7. The molecule has 2 aromatic rings. The summed E-state index contributed by atoms with van der Waals surface area (Å²) in [5.74, 6) is 0.832. The molecule has 0 saturated carbocycles. The third-order valence-corrected chi connectivity index (χ3v) is 3.59. The first kappa shape index (κ1) is 14.5. The first-order valence-electron chi connectivity index (χ1n) is 6.62. The van der Waals surface area contributed by atoms with Crippen LogP contribution in [0.25, 0.3) is 0 Å². The van der Waals surface area contributed by atoms with Gasteiger partial charge in [0.1, 0.15) is 5.75 Å². The van der Waals surface area contributed by atoms with Gasteiger partial charge in [-0.15, -0.1) is 11.3 Å². The minimum absolute atomic E-state index is 0.0225. The second-order valence-electron chi connectivity index (χ2n) is 4.36. The smallest absolute Gasteiger partial charge is 0.226 e. The van der Waals surface area contributed by atoms with Crippen LogP contribution in [0.4, 0.5) is 5.13 Å². The van der Waals surface area contributed by atoms with Gasteiger partial charge >= 0.3 is 0 Å². The minimum atomic E-state index is -0.0225. The Balaban J connectivity index is 1.90. The zero-order chi connectivity index (χ0) is 14.4. The van der Waals surface area contributed by atoms with Crippen LogP contribution in [0.2, 0.25) is 0 Å². The topological polar surface area (TPSA) is 51.2 Å². The van der Waals surface area contributed by atoms with E-state index in [0.717, 1.165) is 16.2 Å². The molecule has 4 nitrogen and oxygen atoms in total. The Morgan fingerprint density at radius 3 is 2.90 bits per heavy atom. The van der Waals surface area contributed by atoms with E-state index in [2.05, 4.69) is 10.3 Å². The highest BCUT2D eigenvalue weighted by atomic mass is 32.1. The molecular formula is C15H18N2O2S. The first-order chi connectivity index (χ1) is 9.69. The molecule has 1 aromatic carbocycles. The molecule has 0 aliphatic heterocycles. The maximum atomic E-state index is 11.9. The van der Waals surface area contributed by atoms with Crippen LogP contribution in [0, 0.1) is 6.92 Å². The van der Waals surface area contributed by atoms with Crippen molar-refractivity contribution in [1.82, 2.24) is 4.98 Å². The number of thiazole rings is 1. The molecule has 0 spiro atoms. The number of benzene rings is 1. The van der Waals surface area contributed by atoms with Gasteiger partial charge in [-0.3, -0.25) is 4.79 Å². The van der Waals surface area contributed by atoms with Crippen molar-refractivity contribution in [3.8, 4) is 5.75 Å². The van der Waals surface area contributed by atoms with E-state index < -0.39 is 0 Å². The maximum Gasteiger partial charge on any atom is 0.226 e. The van der Waals surface area contributed by atoms with E-state index in [0.29, 0.717) is 24.6 Å². The Kier molecular flexibility index (Phi) is 5.12. The number of aromatic nitrogens is 1. The number of amides is 1. The van der Waals surface area contributed by atoms with Crippen molar-refractivity contribution in [3.63, 3.8) is 0 Å². The molecule has 2 rings (SSSR count). The number of aryl methyl sites for hydroxylation is 2. The predicted molar refractivity (Wildman–Crippen MR) is 81.4 cm³/mol. The molecule has 0 bridgehead atoms. The van der Waals surface area contributed by atoms with Crippen LogP contribution in [0.15, 0.2) is 30.5 Å². The second kappa shape index (κ2) is 7.05. The molecular weight excluding hydrogens is 272 g/mol. The van der Waals surface area contributed by atoms with Crippen LogP contribution < -0.4 is 10.1 Å². The van der Waals surface area contributed by atoms with Gasteiger partial charge in [0.05, 0.1) is 6.61 Å². The minimum Gasteiger partial charge on any atom is -0.494 e. The van der Waals surface area contributed by atoms with Crippen molar-refractivity contribution in [1.29, 1.82) is 0 Å². The van der Waals surface area contributed by atoms with Gasteiger partial charge in [-0.05, 0) is 31.9 Å². The Bertz CT molecular complexity index is 581. The molecule has 0 atom stereocenters. The Morgan fingerprint density at radius 2 is 2.20 bits per heavy atom. The molecule has 1 aromatic heterocycles. The molecule has 0 fully saturated rings. The normalized spacial score (nSPS) is 10.3. The largest absolute Gasteiger partial charge is 0.494 e. The highest BCUT2D eigenvalue weighted by Gasteiger charge is 2.08. The molecule has 0 unspecified atom stereocenters. The van der Waals surface area contributed by atoms with Crippen molar-refractivity contribution >= 4 is 22.4 Å². The van der Waals surface area contributed by atoms with Crippen LogP contribution in [0.3, 0.4) is 0 Å². The number of nitrogens with one attached hydrogen (secondary N) is 1. The van der Waals surface area contributed by atoms with E-state index in [1.807, 2.05) is 38.1 Å². The number of carbonyl (C=O) groups excluding carboxylic acids is 1. The van der Waals surface area contributed by atoms with Gasteiger partial charge in [-0.25, -0.2) is 4.98 Å². The molecule has 106 valence electrons. The highest BCUT2D eigenvalue weighted by Crippen LogP contribution is 2.20. The molecule has 0 aliphatic rings. The molecule has 0 radical (unpaired) electrons. The third-order valence-electron chi connectivity index (χ3n) is 2.76. The number of ether oxygens (including phenoxy) is 1. The number of rotatable bonds is 6. The fourth-order valence-corrected chi connectivity index (χ4v) is 2.53. The molecule has 1 N–H and O–H groups in total.